The van der Waals surface area contributed by atoms with Crippen molar-refractivity contribution in [2.45, 2.75) is 0 Å². The lowest BCUT2D eigenvalue weighted by molar-refractivity contribution is -0.132. The maximum atomic E-state index is 10.7. The number of nitrogens with zero attached hydrogens (tertiary/aromatic N) is 4. The van der Waals surface area contributed by atoms with Crippen LogP contribution in [0.1, 0.15) is 5.56 Å². The maximum Gasteiger partial charge on any atom is 0.346 e. The predicted molar refractivity (Wildman–Crippen MR) is 71.9 cm³/mol. The van der Waals surface area contributed by atoms with E-state index in [2.05, 4.69) is 41.9 Å². The highest BCUT2D eigenvalue weighted by Crippen LogP contribution is 2.35. The molecule has 0 aliphatic rings. The van der Waals surface area contributed by atoms with Crippen LogP contribution in [0, 0.1) is 11.3 Å². The minimum Gasteiger partial charge on any atom is -0.477 e. The van der Waals surface area contributed by atoms with E-state index in [0.717, 1.165) is 0 Å². The number of carbonyl (C=O) groups is 1. The summed E-state index contributed by atoms with van der Waals surface area (Å²) < 4.78 is 0.979. The van der Waals surface area contributed by atoms with Crippen molar-refractivity contribution in [1.29, 1.82) is 5.26 Å². The SMILES string of the molecule is N#C/C(=C\c1cc(Br)c(N=[N+]=[N-])c(Br)c1)C(=O)O. The molecule has 1 N–H and O–H groups in total. The lowest BCUT2D eigenvalue weighted by Gasteiger charge is -2.03. The second-order valence-electron chi connectivity index (χ2n) is 3.00. The van der Waals surface area contributed by atoms with Gasteiger partial charge in [-0.1, -0.05) is 37.0 Å². The Kier molecular flexibility index (Phi) is 4.92. The molecule has 0 amide bonds. The zero-order valence-corrected chi connectivity index (χ0v) is 11.8. The number of carboxylic acids is 1. The molecule has 8 heteroatoms. The molecule has 0 radical (unpaired) electrons. The van der Waals surface area contributed by atoms with Gasteiger partial charge in [-0.3, -0.25) is 0 Å². The van der Waals surface area contributed by atoms with Crippen molar-refractivity contribution in [3.05, 3.63) is 42.7 Å². The van der Waals surface area contributed by atoms with Gasteiger partial charge in [0.2, 0.25) is 0 Å². The Morgan fingerprint density at radius 1 is 1.50 bits per heavy atom. The van der Waals surface area contributed by atoms with Crippen LogP contribution < -0.4 is 0 Å². The van der Waals surface area contributed by atoms with Gasteiger partial charge < -0.3 is 5.11 Å². The minimum atomic E-state index is -1.30. The first-order valence-corrected chi connectivity index (χ1v) is 5.97. The Balaban J connectivity index is 3.35. The van der Waals surface area contributed by atoms with E-state index >= 15 is 0 Å². The van der Waals surface area contributed by atoms with Crippen molar-refractivity contribution in [2.75, 3.05) is 0 Å². The fourth-order valence-electron chi connectivity index (χ4n) is 1.12. The van der Waals surface area contributed by atoms with Gasteiger partial charge in [0.05, 0.1) is 5.69 Å². The van der Waals surface area contributed by atoms with E-state index in [9.17, 15) is 4.79 Å². The van der Waals surface area contributed by atoms with Crippen LogP contribution in [0.15, 0.2) is 31.8 Å². The van der Waals surface area contributed by atoms with Gasteiger partial charge in [-0.25, -0.2) is 4.79 Å². The monoisotopic (exact) mass is 370 g/mol. The molecule has 0 fully saturated rings. The van der Waals surface area contributed by atoms with Crippen LogP contribution in [0.4, 0.5) is 5.69 Å². The molecule has 0 saturated carbocycles. The standard InChI is InChI=1S/C10H4Br2N4O2/c11-7-2-5(1-6(4-13)10(17)18)3-8(12)9(7)15-16-14/h1-3H,(H,17,18)/b6-1+. The van der Waals surface area contributed by atoms with Crippen LogP contribution in [0.3, 0.4) is 0 Å². The summed E-state index contributed by atoms with van der Waals surface area (Å²) in [5.41, 5.74) is 8.83. The van der Waals surface area contributed by atoms with Crippen molar-refractivity contribution in [1.82, 2.24) is 0 Å². The summed E-state index contributed by atoms with van der Waals surface area (Å²) in [5, 5.41) is 20.8. The van der Waals surface area contributed by atoms with Gasteiger partial charge in [-0.15, -0.1) is 0 Å². The van der Waals surface area contributed by atoms with Crippen LogP contribution in [0.5, 0.6) is 0 Å². The second-order valence-corrected chi connectivity index (χ2v) is 4.71. The van der Waals surface area contributed by atoms with E-state index < -0.39 is 5.97 Å². The predicted octanol–water partition coefficient (Wildman–Crippen LogP) is 4.14. The fourth-order valence-corrected chi connectivity index (χ4v) is 2.50. The first-order valence-electron chi connectivity index (χ1n) is 4.38. The number of carboxylic acid groups (broad SMARTS) is 1. The van der Waals surface area contributed by atoms with E-state index in [0.29, 0.717) is 20.2 Å². The van der Waals surface area contributed by atoms with Crippen LogP contribution in [0.25, 0.3) is 16.5 Å². The molecule has 0 aliphatic heterocycles. The van der Waals surface area contributed by atoms with Crippen LogP contribution in [-0.2, 0) is 4.79 Å². The van der Waals surface area contributed by atoms with E-state index in [1.165, 1.54) is 6.08 Å². The van der Waals surface area contributed by atoms with Gasteiger partial charge in [0.1, 0.15) is 11.6 Å². The Labute approximate surface area is 118 Å². The molecule has 18 heavy (non-hydrogen) atoms. The van der Waals surface area contributed by atoms with Crippen LogP contribution in [0.2, 0.25) is 0 Å². The van der Waals surface area contributed by atoms with Gasteiger partial charge in [0.15, 0.2) is 0 Å². The molecular formula is C10H4Br2N4O2. The summed E-state index contributed by atoms with van der Waals surface area (Å²) in [6.45, 7) is 0. The topological polar surface area (TPSA) is 110 Å². The second kappa shape index (κ2) is 6.21. The Morgan fingerprint density at radius 2 is 2.06 bits per heavy atom. The van der Waals surface area contributed by atoms with E-state index in [1.54, 1.807) is 18.2 Å². The van der Waals surface area contributed by atoms with E-state index in [-0.39, 0.29) is 5.57 Å². The lowest BCUT2D eigenvalue weighted by atomic mass is 10.1. The number of rotatable bonds is 3. The number of hydrogen-bond acceptors (Lipinski definition) is 3. The van der Waals surface area contributed by atoms with Gasteiger partial charge in [0, 0.05) is 13.9 Å². The quantitative estimate of drug-likeness (QED) is 0.283. The molecule has 0 atom stereocenters. The highest BCUT2D eigenvalue weighted by molar-refractivity contribution is 9.11. The zero-order valence-electron chi connectivity index (χ0n) is 8.63. The van der Waals surface area contributed by atoms with Gasteiger partial charge >= 0.3 is 5.97 Å². The fraction of sp³-hybridized carbons (Fsp3) is 0. The molecule has 6 nitrogen and oxygen atoms in total. The van der Waals surface area contributed by atoms with Crippen molar-refractivity contribution in [3.63, 3.8) is 0 Å². The molecule has 0 bridgehead atoms. The smallest absolute Gasteiger partial charge is 0.346 e. The highest BCUT2D eigenvalue weighted by Gasteiger charge is 2.09. The average Bonchev–Trinajstić information content (AvgIpc) is 2.30. The average molecular weight is 372 g/mol. The maximum absolute atomic E-state index is 10.7. The number of benzene rings is 1. The lowest BCUT2D eigenvalue weighted by Crippen LogP contribution is -1.97. The number of nitriles is 1. The van der Waals surface area contributed by atoms with Crippen molar-refractivity contribution in [3.8, 4) is 6.07 Å². The molecule has 0 aromatic heterocycles. The number of aliphatic carboxylic acids is 1. The van der Waals surface area contributed by atoms with E-state index in [1.807, 2.05) is 0 Å². The zero-order chi connectivity index (χ0) is 13.7. The molecule has 1 aromatic carbocycles. The first kappa shape index (κ1) is 14.3. The Morgan fingerprint density at radius 3 is 2.44 bits per heavy atom. The van der Waals surface area contributed by atoms with Crippen molar-refractivity contribution in [2.24, 2.45) is 5.11 Å². The van der Waals surface area contributed by atoms with Crippen molar-refractivity contribution >= 4 is 49.6 Å². The van der Waals surface area contributed by atoms with Crippen LogP contribution in [-0.4, -0.2) is 11.1 Å². The van der Waals surface area contributed by atoms with Gasteiger partial charge in [-0.2, -0.15) is 5.26 Å². The van der Waals surface area contributed by atoms with Gasteiger partial charge in [-0.05, 0) is 29.3 Å². The third kappa shape index (κ3) is 3.34. The number of halogens is 2. The Bertz CT molecular complexity index is 604. The first-order chi connectivity index (χ1) is 8.49. The molecule has 0 heterocycles. The summed E-state index contributed by atoms with van der Waals surface area (Å²) in [5.74, 6) is -1.30. The summed E-state index contributed by atoms with van der Waals surface area (Å²) in [7, 11) is 0. The molecule has 1 aromatic rings. The molecule has 1 rings (SSSR count). The molecular weight excluding hydrogens is 368 g/mol. The van der Waals surface area contributed by atoms with E-state index in [4.69, 9.17) is 15.9 Å². The van der Waals surface area contributed by atoms with Gasteiger partial charge in [0.25, 0.3) is 0 Å². The van der Waals surface area contributed by atoms with Crippen molar-refractivity contribution < 1.29 is 9.90 Å². The largest absolute Gasteiger partial charge is 0.477 e. The molecule has 0 spiro atoms. The highest BCUT2D eigenvalue weighted by atomic mass is 79.9. The molecule has 90 valence electrons. The summed E-state index contributed by atoms with van der Waals surface area (Å²) in [4.78, 5) is 13.4. The molecule has 0 aliphatic carbocycles. The molecule has 0 unspecified atom stereocenters. The normalized spacial score (nSPS) is 10.4. The van der Waals surface area contributed by atoms with Crippen LogP contribution >= 0.6 is 31.9 Å². The summed E-state index contributed by atoms with van der Waals surface area (Å²) >= 11 is 6.39. The Hall–Kier alpha value is -1.81. The number of azide groups is 1. The summed E-state index contributed by atoms with van der Waals surface area (Å²) in [6, 6.07) is 4.68. The third-order valence-corrected chi connectivity index (χ3v) is 3.05. The molecule has 0 saturated heterocycles. The number of hydrogen-bond donors (Lipinski definition) is 1. The minimum absolute atomic E-state index is 0.350. The third-order valence-electron chi connectivity index (χ3n) is 1.85. The summed E-state index contributed by atoms with van der Waals surface area (Å²) in [6.07, 6.45) is 1.22.